The van der Waals surface area contributed by atoms with Crippen molar-refractivity contribution in [2.24, 2.45) is 5.92 Å². The molecule has 2 rings (SSSR count). The number of anilines is 2. The van der Waals surface area contributed by atoms with Crippen molar-refractivity contribution in [3.63, 3.8) is 0 Å². The van der Waals surface area contributed by atoms with Crippen LogP contribution < -0.4 is 15.4 Å². The van der Waals surface area contributed by atoms with Gasteiger partial charge in [-0.25, -0.2) is 0 Å². The van der Waals surface area contributed by atoms with Crippen molar-refractivity contribution in [3.8, 4) is 16.9 Å². The molecule has 122 valence electrons. The Bertz CT molecular complexity index is 681. The van der Waals surface area contributed by atoms with E-state index in [1.54, 1.807) is 0 Å². The van der Waals surface area contributed by atoms with Crippen LogP contribution in [-0.4, -0.2) is 20.1 Å². The van der Waals surface area contributed by atoms with Crippen LogP contribution in [0.5, 0.6) is 5.75 Å². The van der Waals surface area contributed by atoms with Gasteiger partial charge in [0.1, 0.15) is 5.75 Å². The average molecular weight is 312 g/mol. The van der Waals surface area contributed by atoms with Gasteiger partial charge in [0.25, 0.3) is 0 Å². The fraction of sp³-hybridized carbons (Fsp3) is 0.316. The fourth-order valence-corrected chi connectivity index (χ4v) is 2.36. The molecule has 1 amide bonds. The predicted molar refractivity (Wildman–Crippen MR) is 96.2 cm³/mol. The molecule has 0 aliphatic heterocycles. The Morgan fingerprint density at radius 2 is 1.91 bits per heavy atom. The Balaban J connectivity index is 2.43. The second-order valence-corrected chi connectivity index (χ2v) is 5.98. The molecule has 4 heteroatoms. The van der Waals surface area contributed by atoms with Gasteiger partial charge in [-0.2, -0.15) is 0 Å². The number of carbonyl (C=O) groups excluding carboxylic acids is 1. The normalized spacial score (nSPS) is 10.5. The lowest BCUT2D eigenvalue weighted by molar-refractivity contribution is -0.105. The van der Waals surface area contributed by atoms with Crippen molar-refractivity contribution < 1.29 is 9.53 Å². The number of hydrogen-bond donors (Lipinski definition) is 2. The molecule has 0 radical (unpaired) electrons. The first kappa shape index (κ1) is 16.9. The summed E-state index contributed by atoms with van der Waals surface area (Å²) in [6, 6.07) is 12.1. The lowest BCUT2D eigenvalue weighted by Gasteiger charge is -2.16. The third-order valence-electron chi connectivity index (χ3n) is 3.52. The summed E-state index contributed by atoms with van der Waals surface area (Å²) in [7, 11) is 1.83. The molecule has 0 atom stereocenters. The number of rotatable bonds is 7. The molecule has 0 heterocycles. The van der Waals surface area contributed by atoms with Crippen LogP contribution in [0.3, 0.4) is 0 Å². The van der Waals surface area contributed by atoms with Crippen LogP contribution in [0.1, 0.15) is 19.4 Å². The van der Waals surface area contributed by atoms with Gasteiger partial charge >= 0.3 is 0 Å². The average Bonchev–Trinajstić information content (AvgIpc) is 2.54. The van der Waals surface area contributed by atoms with E-state index >= 15 is 0 Å². The van der Waals surface area contributed by atoms with Crippen LogP contribution in [0.15, 0.2) is 36.4 Å². The van der Waals surface area contributed by atoms with Gasteiger partial charge < -0.3 is 15.4 Å². The number of benzene rings is 2. The third kappa shape index (κ3) is 4.25. The van der Waals surface area contributed by atoms with Gasteiger partial charge in [-0.15, -0.1) is 0 Å². The molecule has 0 saturated heterocycles. The second kappa shape index (κ2) is 7.68. The zero-order valence-electron chi connectivity index (χ0n) is 14.1. The van der Waals surface area contributed by atoms with Crippen molar-refractivity contribution in [2.75, 3.05) is 24.3 Å². The van der Waals surface area contributed by atoms with E-state index in [9.17, 15) is 4.79 Å². The van der Waals surface area contributed by atoms with E-state index in [2.05, 4.69) is 43.5 Å². The minimum atomic E-state index is 0.469. The first-order valence-electron chi connectivity index (χ1n) is 7.81. The van der Waals surface area contributed by atoms with E-state index in [0.717, 1.165) is 28.3 Å². The summed E-state index contributed by atoms with van der Waals surface area (Å²) in [6.45, 7) is 7.01. The summed E-state index contributed by atoms with van der Waals surface area (Å²) in [5.74, 6) is 1.35. The number of amides is 1. The van der Waals surface area contributed by atoms with Crippen molar-refractivity contribution in [3.05, 3.63) is 42.0 Å². The van der Waals surface area contributed by atoms with Crippen LogP contribution in [0.2, 0.25) is 0 Å². The predicted octanol–water partition coefficient (Wildman–Crippen LogP) is 4.31. The zero-order chi connectivity index (χ0) is 16.8. The molecule has 0 bridgehead atoms. The van der Waals surface area contributed by atoms with Crippen molar-refractivity contribution in [1.29, 1.82) is 0 Å². The minimum absolute atomic E-state index is 0.469. The van der Waals surface area contributed by atoms with Crippen molar-refractivity contribution in [1.82, 2.24) is 0 Å². The second-order valence-electron chi connectivity index (χ2n) is 5.98. The van der Waals surface area contributed by atoms with Crippen LogP contribution >= 0.6 is 0 Å². The number of aryl methyl sites for hydroxylation is 1. The Labute approximate surface area is 137 Å². The quantitative estimate of drug-likeness (QED) is 0.749. The highest BCUT2D eigenvalue weighted by atomic mass is 16.5. The molecule has 2 aromatic carbocycles. The van der Waals surface area contributed by atoms with Crippen LogP contribution in [0.4, 0.5) is 11.4 Å². The maximum Gasteiger partial charge on any atom is 0.211 e. The van der Waals surface area contributed by atoms with Gasteiger partial charge in [-0.05, 0) is 42.7 Å². The third-order valence-corrected chi connectivity index (χ3v) is 3.52. The van der Waals surface area contributed by atoms with Gasteiger partial charge in [0.15, 0.2) is 0 Å². The highest BCUT2D eigenvalue weighted by molar-refractivity contribution is 5.85. The van der Waals surface area contributed by atoms with Gasteiger partial charge in [-0.1, -0.05) is 31.5 Å². The molecule has 0 aromatic heterocycles. The van der Waals surface area contributed by atoms with Gasteiger partial charge in [-0.3, -0.25) is 4.79 Å². The maximum absolute atomic E-state index is 10.7. The summed E-state index contributed by atoms with van der Waals surface area (Å²) in [5.41, 5.74) is 4.90. The Hall–Kier alpha value is -2.49. The molecule has 2 aromatic rings. The van der Waals surface area contributed by atoms with E-state index < -0.39 is 0 Å². The standard InChI is InChI=1S/C19H24N2O2/c1-13(2)11-23-19-8-5-14(3)9-16(19)15-6-7-17(21-12-22)18(10-15)20-4/h5-10,12-13,20H,11H2,1-4H3,(H,21,22). The molecule has 0 saturated carbocycles. The number of ether oxygens (including phenoxy) is 1. The van der Waals surface area contributed by atoms with Crippen LogP contribution in [0.25, 0.3) is 11.1 Å². The number of nitrogens with one attached hydrogen (secondary N) is 2. The van der Waals surface area contributed by atoms with Gasteiger partial charge in [0.05, 0.1) is 18.0 Å². The first-order chi connectivity index (χ1) is 11.0. The van der Waals surface area contributed by atoms with E-state index in [4.69, 9.17) is 4.74 Å². The number of hydrogen-bond acceptors (Lipinski definition) is 3. The van der Waals surface area contributed by atoms with Crippen molar-refractivity contribution in [2.45, 2.75) is 20.8 Å². The van der Waals surface area contributed by atoms with E-state index in [1.807, 2.05) is 31.3 Å². The van der Waals surface area contributed by atoms with Gasteiger partial charge in [0, 0.05) is 12.6 Å². The summed E-state index contributed by atoms with van der Waals surface area (Å²) in [6.07, 6.45) is 0.680. The zero-order valence-corrected chi connectivity index (χ0v) is 14.1. The topological polar surface area (TPSA) is 50.4 Å². The molecule has 0 unspecified atom stereocenters. The van der Waals surface area contributed by atoms with E-state index in [-0.39, 0.29) is 0 Å². The number of carbonyl (C=O) groups is 1. The molecule has 0 fully saturated rings. The molecule has 0 aliphatic carbocycles. The lowest BCUT2D eigenvalue weighted by Crippen LogP contribution is -2.05. The molecule has 2 N–H and O–H groups in total. The summed E-state index contributed by atoms with van der Waals surface area (Å²) in [4.78, 5) is 10.7. The SMILES string of the molecule is CNc1cc(-c2cc(C)ccc2OCC(C)C)ccc1NC=O. The van der Waals surface area contributed by atoms with E-state index in [0.29, 0.717) is 18.9 Å². The highest BCUT2D eigenvalue weighted by Gasteiger charge is 2.10. The summed E-state index contributed by atoms with van der Waals surface area (Å²) < 4.78 is 5.97. The molecule has 0 spiro atoms. The molecule has 4 nitrogen and oxygen atoms in total. The Morgan fingerprint density at radius 3 is 2.57 bits per heavy atom. The monoisotopic (exact) mass is 312 g/mol. The smallest absolute Gasteiger partial charge is 0.211 e. The summed E-state index contributed by atoms with van der Waals surface area (Å²) >= 11 is 0. The Morgan fingerprint density at radius 1 is 1.13 bits per heavy atom. The van der Waals surface area contributed by atoms with E-state index in [1.165, 1.54) is 5.56 Å². The summed E-state index contributed by atoms with van der Waals surface area (Å²) in [5, 5.41) is 5.81. The van der Waals surface area contributed by atoms with Crippen LogP contribution in [0, 0.1) is 12.8 Å². The molecular weight excluding hydrogens is 288 g/mol. The van der Waals surface area contributed by atoms with Crippen LogP contribution in [-0.2, 0) is 4.79 Å². The van der Waals surface area contributed by atoms with Gasteiger partial charge in [0.2, 0.25) is 6.41 Å². The van der Waals surface area contributed by atoms with Crippen molar-refractivity contribution >= 4 is 17.8 Å². The fourth-order valence-electron chi connectivity index (χ4n) is 2.36. The maximum atomic E-state index is 10.7. The minimum Gasteiger partial charge on any atom is -0.493 e. The lowest BCUT2D eigenvalue weighted by atomic mass is 10.0. The first-order valence-corrected chi connectivity index (χ1v) is 7.81. The Kier molecular flexibility index (Phi) is 5.63. The molecule has 23 heavy (non-hydrogen) atoms. The largest absolute Gasteiger partial charge is 0.493 e. The molecule has 0 aliphatic rings. The highest BCUT2D eigenvalue weighted by Crippen LogP contribution is 2.35. The molecular formula is C19H24N2O2.